The Labute approximate surface area is 226 Å². The lowest BCUT2D eigenvalue weighted by Crippen LogP contribution is -2.54. The molecule has 40 heavy (non-hydrogen) atoms. The highest BCUT2D eigenvalue weighted by Gasteiger charge is 2.51. The average Bonchev–Trinajstić information content (AvgIpc) is 3.21. The normalized spacial score (nSPS) is 24.6. The molecular formula is C28H29F7N2O3. The molecular weight excluding hydrogens is 545 g/mol. The minimum absolute atomic E-state index is 0.0508. The van der Waals surface area contributed by atoms with Crippen LogP contribution in [0, 0.1) is 11.7 Å². The third-order valence-electron chi connectivity index (χ3n) is 8.02. The molecule has 0 aliphatic carbocycles. The number of hydrogen-bond donors (Lipinski definition) is 1. The number of halogens is 7. The van der Waals surface area contributed by atoms with E-state index in [1.165, 1.54) is 31.2 Å². The fourth-order valence-electron chi connectivity index (χ4n) is 5.77. The van der Waals surface area contributed by atoms with E-state index in [1.54, 1.807) is 18.7 Å². The first kappa shape index (κ1) is 29.8. The van der Waals surface area contributed by atoms with E-state index in [4.69, 9.17) is 4.74 Å². The zero-order chi connectivity index (χ0) is 29.6. The van der Waals surface area contributed by atoms with Gasteiger partial charge in [0.05, 0.1) is 23.3 Å². The molecule has 2 aliphatic rings. The predicted molar refractivity (Wildman–Crippen MR) is 130 cm³/mol. The molecule has 0 radical (unpaired) electrons. The molecule has 2 aromatic carbocycles. The number of alkyl halides is 6. The molecule has 2 saturated heterocycles. The predicted octanol–water partition coefficient (Wildman–Crippen LogP) is 6.24. The van der Waals surface area contributed by atoms with E-state index in [0.717, 1.165) is 0 Å². The second-order valence-electron chi connectivity index (χ2n) is 11.0. The Morgan fingerprint density at radius 3 is 2.10 bits per heavy atom. The molecule has 2 amide bonds. The first-order valence-electron chi connectivity index (χ1n) is 12.7. The number of rotatable bonds is 7. The number of fused-ring (bicyclic) bond motifs is 1. The Hall–Kier alpha value is -3.15. The fourth-order valence-corrected chi connectivity index (χ4v) is 5.77. The van der Waals surface area contributed by atoms with Crippen molar-refractivity contribution in [2.24, 2.45) is 5.92 Å². The van der Waals surface area contributed by atoms with E-state index in [2.05, 4.69) is 5.32 Å². The van der Waals surface area contributed by atoms with Crippen molar-refractivity contribution in [1.82, 2.24) is 10.2 Å². The Bertz CT molecular complexity index is 1210. The maximum Gasteiger partial charge on any atom is 0.416 e. The van der Waals surface area contributed by atoms with E-state index in [0.29, 0.717) is 30.5 Å². The van der Waals surface area contributed by atoms with Crippen molar-refractivity contribution in [1.29, 1.82) is 0 Å². The van der Waals surface area contributed by atoms with Crippen molar-refractivity contribution in [3.63, 3.8) is 0 Å². The Kier molecular flexibility index (Phi) is 7.96. The van der Waals surface area contributed by atoms with Gasteiger partial charge in [-0.2, -0.15) is 26.3 Å². The quantitative estimate of drug-likeness (QED) is 0.315. The first-order chi connectivity index (χ1) is 18.5. The monoisotopic (exact) mass is 574 g/mol. The lowest BCUT2D eigenvalue weighted by molar-refractivity contribution is -0.143. The van der Waals surface area contributed by atoms with Gasteiger partial charge in [-0.05, 0) is 74.6 Å². The summed E-state index contributed by atoms with van der Waals surface area (Å²) in [6.45, 7) is 4.99. The zero-order valence-corrected chi connectivity index (χ0v) is 21.9. The van der Waals surface area contributed by atoms with E-state index in [1.807, 2.05) is 0 Å². The van der Waals surface area contributed by atoms with Crippen LogP contribution < -0.4 is 5.32 Å². The third-order valence-corrected chi connectivity index (χ3v) is 8.02. The van der Waals surface area contributed by atoms with Gasteiger partial charge < -0.3 is 15.0 Å². The SMILES string of the molecule is C[C@@H](O[C@H]1CN2C(=O)CC(C(C)(C)NC=O)CC2C1c1ccc(F)cc1)c1cc(C(F)(F)F)cc(C(F)(F)F)c1. The summed E-state index contributed by atoms with van der Waals surface area (Å²) in [4.78, 5) is 26.0. The number of ether oxygens (including phenoxy) is 1. The van der Waals surface area contributed by atoms with Crippen LogP contribution in [0.15, 0.2) is 42.5 Å². The number of carbonyl (C=O) groups excluding carboxylic acids is 2. The van der Waals surface area contributed by atoms with Crippen molar-refractivity contribution in [2.45, 2.75) is 75.7 Å². The topological polar surface area (TPSA) is 58.6 Å². The van der Waals surface area contributed by atoms with Gasteiger partial charge in [0.25, 0.3) is 0 Å². The molecule has 1 N–H and O–H groups in total. The summed E-state index contributed by atoms with van der Waals surface area (Å²) in [5.74, 6) is -1.52. The highest BCUT2D eigenvalue weighted by atomic mass is 19.4. The van der Waals surface area contributed by atoms with Crippen LogP contribution in [0.25, 0.3) is 0 Å². The lowest BCUT2D eigenvalue weighted by atomic mass is 9.74. The van der Waals surface area contributed by atoms with Crippen molar-refractivity contribution < 1.29 is 45.1 Å². The number of benzene rings is 2. The molecule has 2 fully saturated rings. The van der Waals surface area contributed by atoms with Gasteiger partial charge in [-0.3, -0.25) is 9.59 Å². The molecule has 0 aromatic heterocycles. The number of nitrogens with one attached hydrogen (secondary N) is 1. The van der Waals surface area contributed by atoms with Gasteiger partial charge in [0, 0.05) is 30.5 Å². The smallest absolute Gasteiger partial charge is 0.368 e. The summed E-state index contributed by atoms with van der Waals surface area (Å²) in [6.07, 6.45) is -10.9. The van der Waals surface area contributed by atoms with Crippen molar-refractivity contribution in [3.05, 3.63) is 70.5 Å². The molecule has 2 aromatic rings. The fraction of sp³-hybridized carbons (Fsp3) is 0.500. The largest absolute Gasteiger partial charge is 0.416 e. The van der Waals surface area contributed by atoms with Gasteiger partial charge in [0.1, 0.15) is 5.82 Å². The summed E-state index contributed by atoms with van der Waals surface area (Å²) < 4.78 is 101. The molecule has 0 bridgehead atoms. The van der Waals surface area contributed by atoms with Crippen LogP contribution in [0.5, 0.6) is 0 Å². The van der Waals surface area contributed by atoms with Gasteiger partial charge in [-0.25, -0.2) is 4.39 Å². The van der Waals surface area contributed by atoms with E-state index in [9.17, 15) is 40.3 Å². The van der Waals surface area contributed by atoms with Crippen LogP contribution in [0.3, 0.4) is 0 Å². The molecule has 3 unspecified atom stereocenters. The minimum atomic E-state index is -5.01. The Morgan fingerprint density at radius 1 is 1.00 bits per heavy atom. The second kappa shape index (κ2) is 10.7. The summed E-state index contributed by atoms with van der Waals surface area (Å²) in [5, 5.41) is 2.74. The molecule has 5 nitrogen and oxygen atoms in total. The highest BCUT2D eigenvalue weighted by molar-refractivity contribution is 5.79. The van der Waals surface area contributed by atoms with Crippen molar-refractivity contribution in [3.8, 4) is 0 Å². The van der Waals surface area contributed by atoms with E-state index in [-0.39, 0.29) is 36.4 Å². The first-order valence-corrected chi connectivity index (χ1v) is 12.7. The Balaban J connectivity index is 1.70. The summed E-state index contributed by atoms with van der Waals surface area (Å²) in [6, 6.07) is 6.39. The molecule has 12 heteroatoms. The van der Waals surface area contributed by atoms with Gasteiger partial charge in [-0.1, -0.05) is 12.1 Å². The number of hydrogen-bond acceptors (Lipinski definition) is 3. The lowest BCUT2D eigenvalue weighted by Gasteiger charge is -2.43. The van der Waals surface area contributed by atoms with Gasteiger partial charge >= 0.3 is 12.4 Å². The van der Waals surface area contributed by atoms with E-state index >= 15 is 0 Å². The maximum absolute atomic E-state index is 13.7. The van der Waals surface area contributed by atoms with Crippen LogP contribution in [0.2, 0.25) is 0 Å². The third kappa shape index (κ3) is 6.11. The maximum atomic E-state index is 13.7. The van der Waals surface area contributed by atoms with Crippen LogP contribution in [0.1, 0.15) is 67.9 Å². The van der Waals surface area contributed by atoms with Crippen LogP contribution >= 0.6 is 0 Å². The molecule has 5 atom stereocenters. The zero-order valence-electron chi connectivity index (χ0n) is 21.9. The van der Waals surface area contributed by atoms with E-state index < -0.39 is 59.0 Å². The average molecular weight is 575 g/mol. The summed E-state index contributed by atoms with van der Waals surface area (Å²) in [7, 11) is 0. The number of nitrogens with zero attached hydrogens (tertiary/aromatic N) is 1. The number of amides is 2. The highest BCUT2D eigenvalue weighted by Crippen LogP contribution is 2.46. The molecule has 4 rings (SSSR count). The van der Waals surface area contributed by atoms with Crippen molar-refractivity contribution >= 4 is 12.3 Å². The molecule has 0 spiro atoms. The second-order valence-corrected chi connectivity index (χ2v) is 11.0. The molecule has 0 saturated carbocycles. The number of carbonyl (C=O) groups is 2. The molecule has 2 heterocycles. The number of piperidine rings is 1. The van der Waals surface area contributed by atoms with Crippen molar-refractivity contribution in [2.75, 3.05) is 6.54 Å². The van der Waals surface area contributed by atoms with Gasteiger partial charge in [0.15, 0.2) is 0 Å². The van der Waals surface area contributed by atoms with Gasteiger partial charge in [-0.15, -0.1) is 0 Å². The Morgan fingerprint density at radius 2 is 1.57 bits per heavy atom. The summed E-state index contributed by atoms with van der Waals surface area (Å²) >= 11 is 0. The van der Waals surface area contributed by atoms with Gasteiger partial charge in [0.2, 0.25) is 12.3 Å². The molecule has 218 valence electrons. The minimum Gasteiger partial charge on any atom is -0.368 e. The molecule has 2 aliphatic heterocycles. The summed E-state index contributed by atoms with van der Waals surface area (Å²) in [5.41, 5.74) is -3.33. The van der Waals surface area contributed by atoms with Crippen LogP contribution in [-0.4, -0.2) is 41.4 Å². The standard InChI is InChI=1S/C28H29F7N2O3/c1-15(17-8-19(27(30,31)32)10-20(9-17)28(33,34)35)40-23-13-37-22(25(23)16-4-6-21(29)7-5-16)11-18(12-24(37)39)26(2,3)36-14-38/h4-10,14-15,18,22-23,25H,11-13H2,1-3H3,(H,36,38)/t15-,18?,22?,23+,25?/m1/s1. The van der Waals surface area contributed by atoms with Crippen LogP contribution in [0.4, 0.5) is 30.7 Å². The van der Waals surface area contributed by atoms with Crippen LogP contribution in [-0.2, 0) is 26.7 Å².